The number of carbonyl (C=O) groups excluding carboxylic acids is 1. The van der Waals surface area contributed by atoms with Crippen molar-refractivity contribution in [1.82, 2.24) is 4.57 Å². The minimum atomic E-state index is -4.39. The maximum Gasteiger partial charge on any atom is 0.406 e. The lowest BCUT2D eigenvalue weighted by Gasteiger charge is -2.12. The van der Waals surface area contributed by atoms with Gasteiger partial charge in [0.25, 0.3) is 5.91 Å². The summed E-state index contributed by atoms with van der Waals surface area (Å²) in [7, 11) is 0. The van der Waals surface area contributed by atoms with Gasteiger partial charge in [0, 0.05) is 14.8 Å². The molecule has 1 amide bonds. The van der Waals surface area contributed by atoms with E-state index in [2.05, 4.69) is 5.32 Å². The summed E-state index contributed by atoms with van der Waals surface area (Å²) in [6.07, 6.45) is -3.17. The van der Waals surface area contributed by atoms with Crippen molar-refractivity contribution in [2.75, 3.05) is 5.32 Å². The van der Waals surface area contributed by atoms with Crippen molar-refractivity contribution < 1.29 is 18.0 Å². The van der Waals surface area contributed by atoms with E-state index in [-0.39, 0.29) is 5.69 Å². The molecule has 0 aliphatic carbocycles. The van der Waals surface area contributed by atoms with Crippen LogP contribution in [0, 0.1) is 3.57 Å². The van der Waals surface area contributed by atoms with E-state index in [1.165, 1.54) is 18.3 Å². The smallest absolute Gasteiger partial charge is 0.334 e. The van der Waals surface area contributed by atoms with Gasteiger partial charge in [-0.25, -0.2) is 0 Å². The molecule has 21 heavy (non-hydrogen) atoms. The Labute approximate surface area is 137 Å². The Morgan fingerprint density at radius 1 is 1.33 bits per heavy atom. The number of alkyl halides is 3. The van der Waals surface area contributed by atoms with Gasteiger partial charge >= 0.3 is 6.18 Å². The minimum absolute atomic E-state index is 0.0573. The Hall–Kier alpha value is -1.22. The molecular formula is C13H9ClF3IN2O. The molecule has 2 rings (SSSR count). The number of nitrogens with zero attached hydrogens (tertiary/aromatic N) is 1. The molecule has 0 saturated heterocycles. The molecule has 0 unspecified atom stereocenters. The van der Waals surface area contributed by atoms with Crippen LogP contribution < -0.4 is 5.32 Å². The second-order valence-corrected chi connectivity index (χ2v) is 5.81. The Balaban J connectivity index is 2.19. The number of benzene rings is 1. The maximum absolute atomic E-state index is 12.4. The van der Waals surface area contributed by atoms with Crippen LogP contribution in [0.4, 0.5) is 18.9 Å². The fraction of sp³-hybridized carbons (Fsp3) is 0.154. The highest BCUT2D eigenvalue weighted by atomic mass is 127. The number of halogens is 5. The lowest BCUT2D eigenvalue weighted by atomic mass is 10.3. The standard InChI is InChI=1S/C13H9ClF3IN2O/c14-8-3-4-10(9(18)6-8)19-12(21)11-2-1-5-20(11)7-13(15,16)17/h1-6H,7H2,(H,19,21). The van der Waals surface area contributed by atoms with Crippen molar-refractivity contribution in [1.29, 1.82) is 0 Å². The molecule has 3 nitrogen and oxygen atoms in total. The number of anilines is 1. The van der Waals surface area contributed by atoms with Gasteiger partial charge in [0.2, 0.25) is 0 Å². The van der Waals surface area contributed by atoms with Gasteiger partial charge in [-0.1, -0.05) is 11.6 Å². The van der Waals surface area contributed by atoms with Crippen LogP contribution in [0.5, 0.6) is 0 Å². The molecule has 0 radical (unpaired) electrons. The SMILES string of the molecule is O=C(Nc1ccc(Cl)cc1I)c1cccn1CC(F)(F)F. The molecule has 0 fully saturated rings. The minimum Gasteiger partial charge on any atom is -0.334 e. The number of amides is 1. The van der Waals surface area contributed by atoms with Gasteiger partial charge in [-0.3, -0.25) is 4.79 Å². The van der Waals surface area contributed by atoms with Gasteiger partial charge in [0.05, 0.1) is 5.69 Å². The molecule has 0 aliphatic heterocycles. The fourth-order valence-corrected chi connectivity index (χ4v) is 2.73. The summed E-state index contributed by atoms with van der Waals surface area (Å²) in [5, 5.41) is 3.08. The normalized spacial score (nSPS) is 11.5. The van der Waals surface area contributed by atoms with Crippen LogP contribution in [0.3, 0.4) is 0 Å². The molecular weight excluding hydrogens is 420 g/mol. The van der Waals surface area contributed by atoms with Gasteiger partial charge in [-0.15, -0.1) is 0 Å². The number of hydrogen-bond donors (Lipinski definition) is 1. The van der Waals surface area contributed by atoms with Crippen molar-refractivity contribution >= 4 is 45.8 Å². The molecule has 0 bridgehead atoms. The summed E-state index contributed by atoms with van der Waals surface area (Å²) in [5.41, 5.74) is 0.433. The summed E-state index contributed by atoms with van der Waals surface area (Å²) in [5.74, 6) is -0.607. The molecule has 1 heterocycles. The molecule has 0 spiro atoms. The Morgan fingerprint density at radius 3 is 2.67 bits per heavy atom. The third-order valence-electron chi connectivity index (χ3n) is 2.59. The van der Waals surface area contributed by atoms with Gasteiger partial charge < -0.3 is 9.88 Å². The van der Waals surface area contributed by atoms with Crippen LogP contribution in [0.15, 0.2) is 36.5 Å². The third kappa shape index (κ3) is 4.37. The molecule has 1 aromatic heterocycles. The lowest BCUT2D eigenvalue weighted by molar-refractivity contribution is -0.140. The van der Waals surface area contributed by atoms with Crippen LogP contribution in [0.1, 0.15) is 10.5 Å². The largest absolute Gasteiger partial charge is 0.406 e. The second-order valence-electron chi connectivity index (χ2n) is 4.21. The van der Waals surface area contributed by atoms with Gasteiger partial charge in [0.15, 0.2) is 0 Å². The Bertz CT molecular complexity index is 670. The lowest BCUT2D eigenvalue weighted by Crippen LogP contribution is -2.23. The molecule has 0 aliphatic rings. The highest BCUT2D eigenvalue weighted by Gasteiger charge is 2.29. The summed E-state index contributed by atoms with van der Waals surface area (Å²) >= 11 is 7.79. The van der Waals surface area contributed by atoms with Gasteiger partial charge in [0.1, 0.15) is 12.2 Å². The average molecular weight is 429 g/mol. The number of aromatic nitrogens is 1. The fourth-order valence-electron chi connectivity index (χ4n) is 1.73. The molecule has 112 valence electrons. The molecule has 1 N–H and O–H groups in total. The van der Waals surface area contributed by atoms with Gasteiger partial charge in [-0.05, 0) is 52.9 Å². The van der Waals surface area contributed by atoms with E-state index in [4.69, 9.17) is 11.6 Å². The zero-order valence-corrected chi connectivity index (χ0v) is 13.3. The van der Waals surface area contributed by atoms with Crippen molar-refractivity contribution in [3.63, 3.8) is 0 Å². The Morgan fingerprint density at radius 2 is 2.05 bits per heavy atom. The monoisotopic (exact) mass is 428 g/mol. The second kappa shape index (κ2) is 6.27. The molecule has 8 heteroatoms. The van der Waals surface area contributed by atoms with Crippen LogP contribution in [-0.2, 0) is 6.54 Å². The first kappa shape index (κ1) is 16.2. The van der Waals surface area contributed by atoms with E-state index < -0.39 is 18.6 Å². The summed E-state index contributed by atoms with van der Waals surface area (Å²) in [6.45, 7) is -1.21. The highest BCUT2D eigenvalue weighted by molar-refractivity contribution is 14.1. The van der Waals surface area contributed by atoms with Crippen LogP contribution in [0.25, 0.3) is 0 Å². The molecule has 0 atom stereocenters. The summed E-state index contributed by atoms with van der Waals surface area (Å²) in [4.78, 5) is 12.1. The van der Waals surface area contributed by atoms with Crippen LogP contribution in [0.2, 0.25) is 5.02 Å². The quantitative estimate of drug-likeness (QED) is 0.715. The first-order valence-corrected chi connectivity index (χ1v) is 7.20. The van der Waals surface area contributed by atoms with Crippen LogP contribution in [-0.4, -0.2) is 16.7 Å². The zero-order chi connectivity index (χ0) is 15.6. The van der Waals surface area contributed by atoms with Crippen molar-refractivity contribution in [2.24, 2.45) is 0 Å². The van der Waals surface area contributed by atoms with E-state index in [9.17, 15) is 18.0 Å². The van der Waals surface area contributed by atoms with E-state index in [0.29, 0.717) is 14.3 Å². The third-order valence-corrected chi connectivity index (χ3v) is 3.72. The highest BCUT2D eigenvalue weighted by Crippen LogP contribution is 2.24. The predicted octanol–water partition coefficient (Wildman–Crippen LogP) is 4.56. The first-order valence-electron chi connectivity index (χ1n) is 5.74. The predicted molar refractivity (Wildman–Crippen MR) is 82.6 cm³/mol. The summed E-state index contributed by atoms with van der Waals surface area (Å²) in [6, 6.07) is 7.57. The molecule has 0 saturated carbocycles. The topological polar surface area (TPSA) is 34.0 Å². The van der Waals surface area contributed by atoms with Crippen molar-refractivity contribution in [3.8, 4) is 0 Å². The molecule has 1 aromatic carbocycles. The van der Waals surface area contributed by atoms with Gasteiger partial charge in [-0.2, -0.15) is 13.2 Å². The average Bonchev–Trinajstić information content (AvgIpc) is 2.78. The number of nitrogens with one attached hydrogen (secondary N) is 1. The first-order chi connectivity index (χ1) is 9.76. The maximum atomic E-state index is 12.4. The zero-order valence-electron chi connectivity index (χ0n) is 10.4. The number of rotatable bonds is 3. The van der Waals surface area contributed by atoms with Crippen molar-refractivity contribution in [3.05, 3.63) is 50.8 Å². The van der Waals surface area contributed by atoms with Crippen LogP contribution >= 0.6 is 34.2 Å². The number of hydrogen-bond acceptors (Lipinski definition) is 1. The van der Waals surface area contributed by atoms with E-state index in [1.54, 1.807) is 18.2 Å². The molecule has 2 aromatic rings. The number of carbonyl (C=O) groups is 1. The van der Waals surface area contributed by atoms with Crippen molar-refractivity contribution in [2.45, 2.75) is 12.7 Å². The van der Waals surface area contributed by atoms with E-state index in [0.717, 1.165) is 4.57 Å². The van der Waals surface area contributed by atoms with E-state index in [1.807, 2.05) is 22.6 Å². The summed E-state index contributed by atoms with van der Waals surface area (Å²) < 4.78 is 38.8. The van der Waals surface area contributed by atoms with E-state index >= 15 is 0 Å². The Kier molecular flexibility index (Phi) is 4.82.